The second-order valence-electron chi connectivity index (χ2n) is 6.42. The molecule has 2 saturated heterocycles. The summed E-state index contributed by atoms with van der Waals surface area (Å²) in [7, 11) is 0. The summed E-state index contributed by atoms with van der Waals surface area (Å²) >= 11 is 0. The molecular formula is C18H25N3O3. The third-order valence-electron chi connectivity index (χ3n) is 4.56. The van der Waals surface area contributed by atoms with Gasteiger partial charge in [0.15, 0.2) is 0 Å². The van der Waals surface area contributed by atoms with E-state index in [4.69, 9.17) is 9.47 Å². The molecule has 6 nitrogen and oxygen atoms in total. The molecule has 0 saturated carbocycles. The van der Waals surface area contributed by atoms with Gasteiger partial charge in [-0.2, -0.15) is 0 Å². The highest BCUT2D eigenvalue weighted by Gasteiger charge is 2.19. The van der Waals surface area contributed by atoms with Crippen LogP contribution in [-0.4, -0.2) is 48.8 Å². The van der Waals surface area contributed by atoms with Crippen molar-refractivity contribution in [3.05, 3.63) is 36.2 Å². The Labute approximate surface area is 142 Å². The number of aromatic nitrogens is 1. The summed E-state index contributed by atoms with van der Waals surface area (Å²) in [5.74, 6) is 1.17. The first-order valence-electron chi connectivity index (χ1n) is 8.55. The van der Waals surface area contributed by atoms with Crippen LogP contribution in [0.15, 0.2) is 30.6 Å². The third-order valence-corrected chi connectivity index (χ3v) is 4.56. The van der Waals surface area contributed by atoms with Gasteiger partial charge in [0.1, 0.15) is 5.75 Å². The Hall–Kier alpha value is -2.08. The number of carbonyl (C=O) groups is 1. The van der Waals surface area contributed by atoms with E-state index in [1.165, 1.54) is 5.57 Å². The summed E-state index contributed by atoms with van der Waals surface area (Å²) in [6, 6.07) is 1.85. The molecule has 0 bridgehead atoms. The van der Waals surface area contributed by atoms with Crippen molar-refractivity contribution in [3.63, 3.8) is 0 Å². The molecule has 1 aromatic rings. The molecule has 3 rings (SSSR count). The Morgan fingerprint density at radius 2 is 2.29 bits per heavy atom. The zero-order chi connectivity index (χ0) is 16.8. The number of carbonyl (C=O) groups excluding carboxylic acids is 1. The first kappa shape index (κ1) is 16.8. The van der Waals surface area contributed by atoms with Crippen molar-refractivity contribution in [2.75, 3.05) is 32.9 Å². The summed E-state index contributed by atoms with van der Waals surface area (Å²) in [6.07, 6.45) is 6.24. The maximum absolute atomic E-state index is 12.3. The number of ether oxygens (including phenoxy) is 2. The lowest BCUT2D eigenvalue weighted by atomic mass is 10.1. The fourth-order valence-electron chi connectivity index (χ4n) is 2.92. The van der Waals surface area contributed by atoms with Gasteiger partial charge in [-0.3, -0.25) is 4.98 Å². The average molecular weight is 331 g/mol. The van der Waals surface area contributed by atoms with Crippen LogP contribution in [0.5, 0.6) is 5.75 Å². The van der Waals surface area contributed by atoms with Crippen LogP contribution in [0.3, 0.4) is 0 Å². The van der Waals surface area contributed by atoms with Gasteiger partial charge in [-0.15, -0.1) is 0 Å². The Balaban J connectivity index is 1.50. The monoisotopic (exact) mass is 331 g/mol. The Kier molecular flexibility index (Phi) is 5.69. The zero-order valence-electron chi connectivity index (χ0n) is 14.0. The normalized spacial score (nSPS) is 20.9. The zero-order valence-corrected chi connectivity index (χ0v) is 14.0. The first-order valence-corrected chi connectivity index (χ1v) is 8.55. The molecule has 2 aliphatic heterocycles. The van der Waals surface area contributed by atoms with Crippen LogP contribution >= 0.6 is 0 Å². The molecule has 6 heteroatoms. The number of piperidine rings is 1. The highest BCUT2D eigenvalue weighted by atomic mass is 16.5. The predicted molar refractivity (Wildman–Crippen MR) is 90.8 cm³/mol. The van der Waals surface area contributed by atoms with E-state index in [0.717, 1.165) is 56.9 Å². The molecule has 1 atom stereocenters. The molecule has 24 heavy (non-hydrogen) atoms. The van der Waals surface area contributed by atoms with E-state index in [0.29, 0.717) is 19.1 Å². The van der Waals surface area contributed by atoms with Crippen molar-refractivity contribution in [1.82, 2.24) is 15.2 Å². The topological polar surface area (TPSA) is 63.7 Å². The van der Waals surface area contributed by atoms with Gasteiger partial charge in [-0.1, -0.05) is 12.2 Å². The van der Waals surface area contributed by atoms with Crippen molar-refractivity contribution in [2.45, 2.75) is 25.8 Å². The fraction of sp³-hybridized carbons (Fsp3) is 0.556. The van der Waals surface area contributed by atoms with E-state index in [9.17, 15) is 4.79 Å². The third kappa shape index (κ3) is 4.47. The van der Waals surface area contributed by atoms with E-state index < -0.39 is 0 Å². The number of pyridine rings is 1. The van der Waals surface area contributed by atoms with Gasteiger partial charge in [-0.25, -0.2) is 4.79 Å². The van der Waals surface area contributed by atoms with Crippen LogP contribution in [0.25, 0.3) is 0 Å². The summed E-state index contributed by atoms with van der Waals surface area (Å²) in [6.45, 7) is 8.09. The molecule has 1 unspecified atom stereocenters. The van der Waals surface area contributed by atoms with Crippen LogP contribution in [0.4, 0.5) is 4.79 Å². The average Bonchev–Trinajstić information content (AvgIpc) is 3.12. The maximum atomic E-state index is 12.3. The standard InChI is InChI=1S/C18H25N3O3/c1-14-3-7-21(8-4-14)18(22)20-10-16-2-6-19-11-17(16)24-13-15-5-9-23-12-15/h2,6,11,15H,1,3-5,7-10,12-13H2,(H,20,22). The van der Waals surface area contributed by atoms with Crippen molar-refractivity contribution in [3.8, 4) is 5.75 Å². The van der Waals surface area contributed by atoms with E-state index in [1.807, 2.05) is 11.0 Å². The second kappa shape index (κ2) is 8.15. The maximum Gasteiger partial charge on any atom is 0.317 e. The van der Waals surface area contributed by atoms with Crippen LogP contribution < -0.4 is 10.1 Å². The number of nitrogens with one attached hydrogen (secondary N) is 1. The number of amides is 2. The molecule has 2 amide bonds. The lowest BCUT2D eigenvalue weighted by Gasteiger charge is -2.28. The summed E-state index contributed by atoms with van der Waals surface area (Å²) < 4.78 is 11.3. The van der Waals surface area contributed by atoms with Gasteiger partial charge in [0.2, 0.25) is 0 Å². The summed E-state index contributed by atoms with van der Waals surface area (Å²) in [5, 5.41) is 2.98. The second-order valence-corrected chi connectivity index (χ2v) is 6.42. The number of rotatable bonds is 5. The quantitative estimate of drug-likeness (QED) is 0.841. The lowest BCUT2D eigenvalue weighted by molar-refractivity contribution is 0.166. The molecule has 130 valence electrons. The number of hydrogen-bond acceptors (Lipinski definition) is 4. The number of nitrogens with zero attached hydrogens (tertiary/aromatic N) is 2. The number of likely N-dealkylation sites (tertiary alicyclic amines) is 1. The van der Waals surface area contributed by atoms with Crippen LogP contribution in [0.1, 0.15) is 24.8 Å². The van der Waals surface area contributed by atoms with E-state index in [-0.39, 0.29) is 6.03 Å². The molecule has 1 aromatic heterocycles. The molecule has 1 N–H and O–H groups in total. The molecular weight excluding hydrogens is 306 g/mol. The van der Waals surface area contributed by atoms with Gasteiger partial charge in [0.05, 0.1) is 19.4 Å². The van der Waals surface area contributed by atoms with Gasteiger partial charge in [0, 0.05) is 43.9 Å². The molecule has 3 heterocycles. The molecule has 2 fully saturated rings. The minimum atomic E-state index is -0.0329. The van der Waals surface area contributed by atoms with Crippen molar-refractivity contribution < 1.29 is 14.3 Å². The van der Waals surface area contributed by atoms with Crippen LogP contribution in [-0.2, 0) is 11.3 Å². The number of urea groups is 1. The van der Waals surface area contributed by atoms with Gasteiger partial charge >= 0.3 is 6.03 Å². The van der Waals surface area contributed by atoms with E-state index in [2.05, 4.69) is 16.9 Å². The Bertz CT molecular complexity index is 575. The van der Waals surface area contributed by atoms with Crippen LogP contribution in [0, 0.1) is 5.92 Å². The highest BCUT2D eigenvalue weighted by molar-refractivity contribution is 5.74. The lowest BCUT2D eigenvalue weighted by Crippen LogP contribution is -2.42. The smallest absolute Gasteiger partial charge is 0.317 e. The number of hydrogen-bond donors (Lipinski definition) is 1. The summed E-state index contributed by atoms with van der Waals surface area (Å²) in [4.78, 5) is 18.2. The molecule has 0 radical (unpaired) electrons. The van der Waals surface area contributed by atoms with Gasteiger partial charge in [0.25, 0.3) is 0 Å². The van der Waals surface area contributed by atoms with Crippen LogP contribution in [0.2, 0.25) is 0 Å². The molecule has 0 aliphatic carbocycles. The largest absolute Gasteiger partial charge is 0.491 e. The Morgan fingerprint density at radius 1 is 1.46 bits per heavy atom. The molecule has 0 aromatic carbocycles. The van der Waals surface area contributed by atoms with E-state index in [1.54, 1.807) is 12.4 Å². The fourth-order valence-corrected chi connectivity index (χ4v) is 2.92. The minimum absolute atomic E-state index is 0.0329. The minimum Gasteiger partial charge on any atom is -0.491 e. The van der Waals surface area contributed by atoms with Crippen molar-refractivity contribution in [2.24, 2.45) is 5.92 Å². The van der Waals surface area contributed by atoms with Crippen molar-refractivity contribution >= 4 is 6.03 Å². The van der Waals surface area contributed by atoms with Gasteiger partial charge < -0.3 is 19.7 Å². The van der Waals surface area contributed by atoms with Gasteiger partial charge in [-0.05, 0) is 25.3 Å². The summed E-state index contributed by atoms with van der Waals surface area (Å²) in [5.41, 5.74) is 2.17. The predicted octanol–water partition coefficient (Wildman–Crippen LogP) is 2.36. The SMILES string of the molecule is C=C1CCN(C(=O)NCc2ccncc2OCC2CCOC2)CC1. The van der Waals surface area contributed by atoms with Crippen molar-refractivity contribution in [1.29, 1.82) is 0 Å². The highest BCUT2D eigenvalue weighted by Crippen LogP contribution is 2.20. The molecule has 0 spiro atoms. The molecule has 2 aliphatic rings. The van der Waals surface area contributed by atoms with E-state index >= 15 is 0 Å². The first-order chi connectivity index (χ1) is 11.7. The Morgan fingerprint density at radius 3 is 3.04 bits per heavy atom.